The summed E-state index contributed by atoms with van der Waals surface area (Å²) in [5.74, 6) is 0. The van der Waals surface area contributed by atoms with Gasteiger partial charge in [0.15, 0.2) is 0 Å². The SMILES string of the molecule is CCC(Br)CCCc1ccn(C(C)CC)n1. The van der Waals surface area contributed by atoms with Crippen molar-refractivity contribution in [1.29, 1.82) is 0 Å². The number of hydrogen-bond donors (Lipinski definition) is 0. The van der Waals surface area contributed by atoms with E-state index in [-0.39, 0.29) is 0 Å². The van der Waals surface area contributed by atoms with E-state index in [4.69, 9.17) is 0 Å². The fourth-order valence-corrected chi connectivity index (χ4v) is 1.98. The van der Waals surface area contributed by atoms with Gasteiger partial charge in [-0.05, 0) is 45.1 Å². The molecule has 2 nitrogen and oxygen atoms in total. The smallest absolute Gasteiger partial charge is 0.0624 e. The molecule has 0 aliphatic carbocycles. The zero-order valence-corrected chi connectivity index (χ0v) is 12.2. The molecular weight excluding hydrogens is 264 g/mol. The lowest BCUT2D eigenvalue weighted by atomic mass is 10.1. The predicted molar refractivity (Wildman–Crippen MR) is 73.2 cm³/mol. The van der Waals surface area contributed by atoms with E-state index in [1.54, 1.807) is 0 Å². The van der Waals surface area contributed by atoms with Crippen molar-refractivity contribution in [2.75, 3.05) is 0 Å². The third-order valence-corrected chi connectivity index (χ3v) is 4.20. The molecule has 92 valence electrons. The number of halogens is 1. The number of alkyl halides is 1. The van der Waals surface area contributed by atoms with Gasteiger partial charge in [-0.25, -0.2) is 0 Å². The minimum atomic E-state index is 0.522. The summed E-state index contributed by atoms with van der Waals surface area (Å²) in [7, 11) is 0. The van der Waals surface area contributed by atoms with Crippen LogP contribution in [0.5, 0.6) is 0 Å². The largest absolute Gasteiger partial charge is 0.270 e. The highest BCUT2D eigenvalue weighted by molar-refractivity contribution is 9.09. The van der Waals surface area contributed by atoms with Gasteiger partial charge in [-0.2, -0.15) is 5.10 Å². The molecule has 0 fully saturated rings. The lowest BCUT2D eigenvalue weighted by Gasteiger charge is -2.08. The second kappa shape index (κ2) is 7.10. The number of nitrogens with zero attached hydrogens (tertiary/aromatic N) is 2. The molecule has 0 saturated carbocycles. The monoisotopic (exact) mass is 286 g/mol. The lowest BCUT2D eigenvalue weighted by Crippen LogP contribution is -2.05. The Bertz CT molecular complexity index is 296. The summed E-state index contributed by atoms with van der Waals surface area (Å²) in [6.07, 6.45) is 8.02. The zero-order chi connectivity index (χ0) is 12.0. The Hall–Kier alpha value is -0.310. The van der Waals surface area contributed by atoms with Crippen LogP contribution in [0.1, 0.15) is 58.2 Å². The molecule has 0 N–H and O–H groups in total. The molecule has 1 heterocycles. The van der Waals surface area contributed by atoms with Crippen LogP contribution in [0.2, 0.25) is 0 Å². The maximum absolute atomic E-state index is 4.61. The van der Waals surface area contributed by atoms with E-state index >= 15 is 0 Å². The van der Waals surface area contributed by atoms with E-state index in [0.717, 1.165) is 12.8 Å². The maximum atomic E-state index is 4.61. The maximum Gasteiger partial charge on any atom is 0.0624 e. The van der Waals surface area contributed by atoms with Gasteiger partial charge in [0, 0.05) is 17.1 Å². The fraction of sp³-hybridized carbons (Fsp3) is 0.769. The van der Waals surface area contributed by atoms with E-state index in [0.29, 0.717) is 10.9 Å². The molecule has 1 aromatic heterocycles. The Labute approximate surface area is 108 Å². The highest BCUT2D eigenvalue weighted by Crippen LogP contribution is 2.15. The molecule has 0 aliphatic rings. The Kier molecular flexibility index (Phi) is 6.10. The highest BCUT2D eigenvalue weighted by Gasteiger charge is 2.05. The van der Waals surface area contributed by atoms with Gasteiger partial charge in [0.05, 0.1) is 5.69 Å². The molecule has 0 bridgehead atoms. The standard InChI is InChI=1S/C13H23BrN2/c1-4-11(3)16-10-9-13(15-16)8-6-7-12(14)5-2/h9-12H,4-8H2,1-3H3. The number of hydrogen-bond acceptors (Lipinski definition) is 1. The first-order valence-corrected chi connectivity index (χ1v) is 7.27. The fourth-order valence-electron chi connectivity index (χ4n) is 1.65. The summed E-state index contributed by atoms with van der Waals surface area (Å²) >= 11 is 3.66. The van der Waals surface area contributed by atoms with Gasteiger partial charge in [-0.15, -0.1) is 0 Å². The van der Waals surface area contributed by atoms with Crippen molar-refractivity contribution >= 4 is 15.9 Å². The van der Waals surface area contributed by atoms with Gasteiger partial charge < -0.3 is 0 Å². The highest BCUT2D eigenvalue weighted by atomic mass is 79.9. The second-order valence-corrected chi connectivity index (χ2v) is 5.74. The van der Waals surface area contributed by atoms with Crippen molar-refractivity contribution in [3.05, 3.63) is 18.0 Å². The molecule has 0 saturated heterocycles. The Morgan fingerprint density at radius 3 is 2.75 bits per heavy atom. The molecule has 2 unspecified atom stereocenters. The molecule has 3 heteroatoms. The van der Waals surface area contributed by atoms with Crippen molar-refractivity contribution in [1.82, 2.24) is 9.78 Å². The van der Waals surface area contributed by atoms with Crippen molar-refractivity contribution in [2.24, 2.45) is 0 Å². The summed E-state index contributed by atoms with van der Waals surface area (Å²) in [5.41, 5.74) is 1.23. The van der Waals surface area contributed by atoms with Gasteiger partial charge in [-0.3, -0.25) is 4.68 Å². The molecule has 16 heavy (non-hydrogen) atoms. The van der Waals surface area contributed by atoms with E-state index in [1.165, 1.54) is 25.0 Å². The van der Waals surface area contributed by atoms with E-state index in [9.17, 15) is 0 Å². The van der Waals surface area contributed by atoms with E-state index in [2.05, 4.69) is 58.7 Å². The van der Waals surface area contributed by atoms with Crippen LogP contribution in [0.3, 0.4) is 0 Å². The van der Waals surface area contributed by atoms with Crippen LogP contribution in [-0.2, 0) is 6.42 Å². The van der Waals surface area contributed by atoms with Crippen LogP contribution in [0.25, 0.3) is 0 Å². The average molecular weight is 287 g/mol. The van der Waals surface area contributed by atoms with Crippen LogP contribution in [0, 0.1) is 0 Å². The minimum absolute atomic E-state index is 0.522. The molecule has 2 atom stereocenters. The number of aryl methyl sites for hydroxylation is 1. The van der Waals surface area contributed by atoms with Crippen molar-refractivity contribution in [3.63, 3.8) is 0 Å². The van der Waals surface area contributed by atoms with Crippen LogP contribution in [0.4, 0.5) is 0 Å². The van der Waals surface area contributed by atoms with Crippen molar-refractivity contribution in [2.45, 2.75) is 63.7 Å². The van der Waals surface area contributed by atoms with Crippen molar-refractivity contribution < 1.29 is 0 Å². The average Bonchev–Trinajstić information content (AvgIpc) is 2.76. The summed E-state index contributed by atoms with van der Waals surface area (Å²) < 4.78 is 2.08. The van der Waals surface area contributed by atoms with E-state index < -0.39 is 0 Å². The molecule has 1 aromatic rings. The van der Waals surface area contributed by atoms with Crippen LogP contribution >= 0.6 is 15.9 Å². The third-order valence-electron chi connectivity index (χ3n) is 3.10. The molecule has 1 rings (SSSR count). The van der Waals surface area contributed by atoms with Gasteiger partial charge >= 0.3 is 0 Å². The summed E-state index contributed by atoms with van der Waals surface area (Å²) in [6, 6.07) is 2.68. The first kappa shape index (κ1) is 13.8. The third kappa shape index (κ3) is 4.28. The van der Waals surface area contributed by atoms with Crippen LogP contribution in [0.15, 0.2) is 12.3 Å². The quantitative estimate of drug-likeness (QED) is 0.682. The Morgan fingerprint density at radius 2 is 2.12 bits per heavy atom. The minimum Gasteiger partial charge on any atom is -0.270 e. The first-order chi connectivity index (χ1) is 7.67. The number of aromatic nitrogens is 2. The molecule has 0 aromatic carbocycles. The van der Waals surface area contributed by atoms with E-state index in [1.807, 2.05) is 0 Å². The van der Waals surface area contributed by atoms with Gasteiger partial charge in [-0.1, -0.05) is 29.8 Å². The predicted octanol–water partition coefficient (Wildman–Crippen LogP) is 4.35. The topological polar surface area (TPSA) is 17.8 Å². The van der Waals surface area contributed by atoms with Gasteiger partial charge in [0.1, 0.15) is 0 Å². The van der Waals surface area contributed by atoms with Crippen LogP contribution < -0.4 is 0 Å². The molecular formula is C13H23BrN2. The molecule has 0 amide bonds. The van der Waals surface area contributed by atoms with Crippen LogP contribution in [-0.4, -0.2) is 14.6 Å². The molecule has 0 spiro atoms. The summed E-state index contributed by atoms with van der Waals surface area (Å²) in [6.45, 7) is 6.63. The Balaban J connectivity index is 2.35. The Morgan fingerprint density at radius 1 is 1.38 bits per heavy atom. The molecule has 0 aliphatic heterocycles. The normalized spacial score (nSPS) is 15.0. The summed E-state index contributed by atoms with van der Waals surface area (Å²) in [5, 5.41) is 4.61. The lowest BCUT2D eigenvalue weighted by molar-refractivity contribution is 0.472. The molecule has 0 radical (unpaired) electrons. The van der Waals surface area contributed by atoms with Gasteiger partial charge in [0.2, 0.25) is 0 Å². The first-order valence-electron chi connectivity index (χ1n) is 6.35. The second-order valence-electron chi connectivity index (χ2n) is 4.44. The number of rotatable bonds is 7. The van der Waals surface area contributed by atoms with Gasteiger partial charge in [0.25, 0.3) is 0 Å². The zero-order valence-electron chi connectivity index (χ0n) is 10.6. The summed E-state index contributed by atoms with van der Waals surface area (Å²) in [4.78, 5) is 0.671. The van der Waals surface area contributed by atoms with Crippen molar-refractivity contribution in [3.8, 4) is 0 Å².